The van der Waals surface area contributed by atoms with Gasteiger partial charge in [-0.1, -0.05) is 6.08 Å². The Balaban J connectivity index is 0.00000400. The third kappa shape index (κ3) is 8.44. The lowest BCUT2D eigenvalue weighted by Gasteiger charge is -2.11. The van der Waals surface area contributed by atoms with Crippen LogP contribution in [0.3, 0.4) is 0 Å². The van der Waals surface area contributed by atoms with Crippen molar-refractivity contribution in [3.05, 3.63) is 36.9 Å². The summed E-state index contributed by atoms with van der Waals surface area (Å²) in [6, 6.07) is 7.57. The average molecular weight is 405 g/mol. The smallest absolute Gasteiger partial charge is 0.191 e. The maximum atomic E-state index is 5.63. The number of benzene rings is 1. The van der Waals surface area contributed by atoms with Gasteiger partial charge in [-0.15, -0.1) is 30.6 Å². The highest BCUT2D eigenvalue weighted by molar-refractivity contribution is 14.0. The van der Waals surface area contributed by atoms with E-state index in [1.807, 2.05) is 24.3 Å². The second-order valence-corrected chi connectivity index (χ2v) is 4.05. The van der Waals surface area contributed by atoms with E-state index in [9.17, 15) is 0 Å². The molecule has 0 atom stereocenters. The van der Waals surface area contributed by atoms with Gasteiger partial charge in [-0.2, -0.15) is 0 Å². The molecule has 0 aliphatic heterocycles. The number of methoxy groups -OCH3 is 1. The van der Waals surface area contributed by atoms with Crippen LogP contribution in [0, 0.1) is 0 Å². The van der Waals surface area contributed by atoms with E-state index < -0.39 is 0 Å². The molecule has 0 bridgehead atoms. The molecule has 5 nitrogen and oxygen atoms in total. The Bertz CT molecular complexity index is 421. The van der Waals surface area contributed by atoms with Crippen molar-refractivity contribution in [3.8, 4) is 11.5 Å². The van der Waals surface area contributed by atoms with Gasteiger partial charge in [0, 0.05) is 20.1 Å². The molecule has 0 aliphatic rings. The molecule has 0 spiro atoms. The predicted molar refractivity (Wildman–Crippen MR) is 98.1 cm³/mol. The van der Waals surface area contributed by atoms with Crippen molar-refractivity contribution in [1.29, 1.82) is 0 Å². The monoisotopic (exact) mass is 405 g/mol. The molecule has 0 radical (unpaired) electrons. The molecule has 0 unspecified atom stereocenters. The van der Waals surface area contributed by atoms with Gasteiger partial charge < -0.3 is 20.1 Å². The van der Waals surface area contributed by atoms with Gasteiger partial charge in [0.15, 0.2) is 5.96 Å². The van der Waals surface area contributed by atoms with Gasteiger partial charge in [-0.05, 0) is 30.7 Å². The average Bonchev–Trinajstić information content (AvgIpc) is 2.50. The summed E-state index contributed by atoms with van der Waals surface area (Å²) in [4.78, 5) is 4.09. The number of aliphatic imine (C=N–C) groups is 1. The number of halogens is 1. The summed E-state index contributed by atoms with van der Waals surface area (Å²) in [7, 11) is 3.39. The van der Waals surface area contributed by atoms with E-state index in [0.29, 0.717) is 13.2 Å². The van der Waals surface area contributed by atoms with E-state index in [1.165, 1.54) is 0 Å². The van der Waals surface area contributed by atoms with Gasteiger partial charge in [0.2, 0.25) is 0 Å². The Hall–Kier alpha value is -1.44. The molecule has 118 valence electrons. The number of hydrogen-bond donors (Lipinski definition) is 2. The maximum absolute atomic E-state index is 5.63. The molecule has 1 rings (SSSR count). The molecular formula is C15H24IN3O2. The zero-order chi connectivity index (χ0) is 14.6. The van der Waals surface area contributed by atoms with Crippen LogP contribution >= 0.6 is 24.0 Å². The molecule has 0 heterocycles. The molecule has 0 amide bonds. The lowest BCUT2D eigenvalue weighted by atomic mass is 10.3. The second kappa shape index (κ2) is 12.3. The van der Waals surface area contributed by atoms with Crippen LogP contribution in [0.25, 0.3) is 0 Å². The molecule has 6 heteroatoms. The van der Waals surface area contributed by atoms with Crippen molar-refractivity contribution in [1.82, 2.24) is 10.6 Å². The number of nitrogens with one attached hydrogen (secondary N) is 2. The zero-order valence-electron chi connectivity index (χ0n) is 12.6. The first-order chi connectivity index (χ1) is 9.80. The topological polar surface area (TPSA) is 54.9 Å². The van der Waals surface area contributed by atoms with Crippen molar-refractivity contribution in [2.75, 3.05) is 33.9 Å². The van der Waals surface area contributed by atoms with Gasteiger partial charge in [0.25, 0.3) is 0 Å². The summed E-state index contributed by atoms with van der Waals surface area (Å²) in [5.74, 6) is 2.45. The van der Waals surface area contributed by atoms with Crippen LogP contribution in [0.1, 0.15) is 6.42 Å². The van der Waals surface area contributed by atoms with E-state index in [-0.39, 0.29) is 24.0 Å². The van der Waals surface area contributed by atoms with Gasteiger partial charge in [-0.3, -0.25) is 4.99 Å². The summed E-state index contributed by atoms with van der Waals surface area (Å²) in [5.41, 5.74) is 0. The minimum absolute atomic E-state index is 0. The molecule has 0 aliphatic carbocycles. The number of nitrogens with zero attached hydrogens (tertiary/aromatic N) is 1. The molecule has 0 saturated heterocycles. The summed E-state index contributed by atoms with van der Waals surface area (Å²) < 4.78 is 10.7. The Labute approximate surface area is 143 Å². The fraction of sp³-hybridized carbons (Fsp3) is 0.400. The quantitative estimate of drug-likeness (QED) is 0.229. The fourth-order valence-electron chi connectivity index (χ4n) is 1.53. The minimum atomic E-state index is 0. The maximum Gasteiger partial charge on any atom is 0.191 e. The zero-order valence-corrected chi connectivity index (χ0v) is 14.9. The van der Waals surface area contributed by atoms with E-state index in [1.54, 1.807) is 20.2 Å². The highest BCUT2D eigenvalue weighted by Gasteiger charge is 1.97. The molecule has 1 aromatic carbocycles. The second-order valence-electron chi connectivity index (χ2n) is 4.05. The molecule has 0 saturated carbocycles. The highest BCUT2D eigenvalue weighted by Crippen LogP contribution is 2.16. The van der Waals surface area contributed by atoms with Crippen LogP contribution in [0.4, 0.5) is 0 Å². The Morgan fingerprint density at radius 2 is 1.90 bits per heavy atom. The van der Waals surface area contributed by atoms with Crippen molar-refractivity contribution >= 4 is 29.9 Å². The Morgan fingerprint density at radius 3 is 2.48 bits per heavy atom. The first kappa shape index (κ1) is 19.6. The van der Waals surface area contributed by atoms with Crippen LogP contribution in [0.2, 0.25) is 0 Å². The third-order valence-corrected chi connectivity index (χ3v) is 2.58. The van der Waals surface area contributed by atoms with Gasteiger partial charge in [0.05, 0.1) is 13.7 Å². The molecule has 0 fully saturated rings. The molecule has 0 aromatic heterocycles. The summed E-state index contributed by atoms with van der Waals surface area (Å²) >= 11 is 0. The Kier molecular flexibility index (Phi) is 11.5. The minimum Gasteiger partial charge on any atom is -0.497 e. The van der Waals surface area contributed by atoms with E-state index >= 15 is 0 Å². The SMILES string of the molecule is C=CCNC(=NC)NCCCOc1ccc(OC)cc1.I. The molecule has 2 N–H and O–H groups in total. The first-order valence-corrected chi connectivity index (χ1v) is 6.62. The number of rotatable bonds is 8. The first-order valence-electron chi connectivity index (χ1n) is 6.62. The lowest BCUT2D eigenvalue weighted by Crippen LogP contribution is -2.38. The normalized spacial score (nSPS) is 10.3. The number of hydrogen-bond acceptors (Lipinski definition) is 3. The number of guanidine groups is 1. The molecular weight excluding hydrogens is 381 g/mol. The van der Waals surface area contributed by atoms with Crippen LogP contribution in [0.15, 0.2) is 41.9 Å². The van der Waals surface area contributed by atoms with Crippen LogP contribution in [0.5, 0.6) is 11.5 Å². The van der Waals surface area contributed by atoms with Crippen molar-refractivity contribution < 1.29 is 9.47 Å². The van der Waals surface area contributed by atoms with Gasteiger partial charge >= 0.3 is 0 Å². The summed E-state index contributed by atoms with van der Waals surface area (Å²) in [5, 5.41) is 6.31. The highest BCUT2D eigenvalue weighted by atomic mass is 127. The summed E-state index contributed by atoms with van der Waals surface area (Å²) in [6.07, 6.45) is 2.68. The standard InChI is InChI=1S/C15H23N3O2.HI/c1-4-10-17-15(16-2)18-11-5-12-20-14-8-6-13(19-3)7-9-14;/h4,6-9H,1,5,10-12H2,2-3H3,(H2,16,17,18);1H. The fourth-order valence-corrected chi connectivity index (χ4v) is 1.53. The van der Waals surface area contributed by atoms with Gasteiger partial charge in [0.1, 0.15) is 11.5 Å². The van der Waals surface area contributed by atoms with Gasteiger partial charge in [-0.25, -0.2) is 0 Å². The van der Waals surface area contributed by atoms with Crippen molar-refractivity contribution in [2.24, 2.45) is 4.99 Å². The lowest BCUT2D eigenvalue weighted by molar-refractivity contribution is 0.310. The van der Waals surface area contributed by atoms with E-state index in [2.05, 4.69) is 22.2 Å². The number of ether oxygens (including phenoxy) is 2. The van der Waals surface area contributed by atoms with Crippen molar-refractivity contribution in [3.63, 3.8) is 0 Å². The van der Waals surface area contributed by atoms with Crippen LogP contribution < -0.4 is 20.1 Å². The van der Waals surface area contributed by atoms with Crippen LogP contribution in [-0.2, 0) is 0 Å². The molecule has 21 heavy (non-hydrogen) atoms. The predicted octanol–water partition coefficient (Wildman–Crippen LogP) is 2.43. The summed E-state index contributed by atoms with van der Waals surface area (Å²) in [6.45, 7) is 5.79. The van der Waals surface area contributed by atoms with Crippen LogP contribution in [-0.4, -0.2) is 39.8 Å². The molecule has 1 aromatic rings. The largest absolute Gasteiger partial charge is 0.497 e. The van der Waals surface area contributed by atoms with E-state index in [4.69, 9.17) is 9.47 Å². The van der Waals surface area contributed by atoms with Crippen molar-refractivity contribution in [2.45, 2.75) is 6.42 Å². The van der Waals surface area contributed by atoms with E-state index in [0.717, 1.165) is 30.4 Å². The third-order valence-electron chi connectivity index (χ3n) is 2.58. The Morgan fingerprint density at radius 1 is 1.24 bits per heavy atom.